The lowest BCUT2D eigenvalue weighted by molar-refractivity contribution is 0.171. The molecule has 1 fully saturated rings. The van der Waals surface area contributed by atoms with Crippen LogP contribution in [-0.2, 0) is 0 Å². The van der Waals surface area contributed by atoms with E-state index in [0.717, 1.165) is 47.9 Å². The minimum Gasteiger partial charge on any atom is -0.486 e. The Morgan fingerprint density at radius 1 is 0.963 bits per heavy atom. The number of anilines is 1. The second-order valence-corrected chi connectivity index (χ2v) is 8.87. The van der Waals surface area contributed by atoms with Crippen molar-refractivity contribution in [2.24, 2.45) is 0 Å². The summed E-state index contributed by atoms with van der Waals surface area (Å²) in [6.07, 6.45) is 1.22. The summed E-state index contributed by atoms with van der Waals surface area (Å²) in [5.41, 5.74) is 1.18. The molecule has 0 aromatic heterocycles. The Labute approximate surface area is 173 Å². The summed E-state index contributed by atoms with van der Waals surface area (Å²) in [5.74, 6) is 2.96. The van der Waals surface area contributed by atoms with Gasteiger partial charge < -0.3 is 14.4 Å². The first kappa shape index (κ1) is 19.0. The molecule has 2 aromatic rings. The van der Waals surface area contributed by atoms with Crippen LogP contribution in [0.25, 0.3) is 0 Å². The minimum absolute atomic E-state index is 0.639. The van der Waals surface area contributed by atoms with Crippen LogP contribution in [0.2, 0.25) is 0 Å². The largest absolute Gasteiger partial charge is 0.486 e. The molecule has 0 atom stereocenters. The zero-order chi connectivity index (χ0) is 18.5. The van der Waals surface area contributed by atoms with E-state index in [1.807, 2.05) is 17.8 Å². The van der Waals surface area contributed by atoms with Gasteiger partial charge in [-0.05, 0) is 49.1 Å². The van der Waals surface area contributed by atoms with Crippen LogP contribution in [-0.4, -0.2) is 56.6 Å². The Morgan fingerprint density at radius 2 is 1.78 bits per heavy atom. The van der Waals surface area contributed by atoms with Crippen molar-refractivity contribution in [3.05, 3.63) is 46.9 Å². The van der Waals surface area contributed by atoms with Gasteiger partial charge in [-0.25, -0.2) is 0 Å². The van der Waals surface area contributed by atoms with Gasteiger partial charge in [0.25, 0.3) is 0 Å². The molecule has 1 saturated heterocycles. The van der Waals surface area contributed by atoms with Crippen molar-refractivity contribution in [2.75, 3.05) is 56.6 Å². The molecule has 4 nitrogen and oxygen atoms in total. The van der Waals surface area contributed by atoms with Gasteiger partial charge in [-0.15, -0.1) is 11.8 Å². The van der Waals surface area contributed by atoms with E-state index >= 15 is 0 Å². The second-order valence-electron chi connectivity index (χ2n) is 6.79. The molecule has 0 spiro atoms. The van der Waals surface area contributed by atoms with Crippen LogP contribution >= 0.6 is 27.7 Å². The fourth-order valence-corrected chi connectivity index (χ4v) is 5.00. The fraction of sp³-hybridized carbons (Fsp3) is 0.429. The maximum absolute atomic E-state index is 5.88. The van der Waals surface area contributed by atoms with E-state index in [1.165, 1.54) is 23.5 Å². The molecule has 4 rings (SSSR count). The van der Waals surface area contributed by atoms with Crippen LogP contribution in [0.15, 0.2) is 51.8 Å². The maximum atomic E-state index is 5.88. The number of hydrogen-bond donors (Lipinski definition) is 0. The first-order chi connectivity index (χ1) is 13.3. The van der Waals surface area contributed by atoms with Gasteiger partial charge in [-0.1, -0.05) is 28.1 Å². The van der Waals surface area contributed by atoms with Crippen molar-refractivity contribution in [1.29, 1.82) is 0 Å². The molecule has 0 saturated carbocycles. The highest BCUT2D eigenvalue weighted by molar-refractivity contribution is 9.10. The summed E-state index contributed by atoms with van der Waals surface area (Å²) >= 11 is 5.48. The highest BCUT2D eigenvalue weighted by Crippen LogP contribution is 2.39. The molecule has 2 aliphatic heterocycles. The van der Waals surface area contributed by atoms with Crippen molar-refractivity contribution < 1.29 is 9.47 Å². The molecule has 0 unspecified atom stereocenters. The van der Waals surface area contributed by atoms with Crippen LogP contribution < -0.4 is 14.4 Å². The van der Waals surface area contributed by atoms with E-state index in [2.05, 4.69) is 62.1 Å². The third-order valence-electron chi connectivity index (χ3n) is 4.94. The Balaban J connectivity index is 1.23. The van der Waals surface area contributed by atoms with Crippen LogP contribution in [0.5, 0.6) is 11.5 Å². The Morgan fingerprint density at radius 3 is 2.63 bits per heavy atom. The van der Waals surface area contributed by atoms with Gasteiger partial charge in [0.15, 0.2) is 11.5 Å². The van der Waals surface area contributed by atoms with Gasteiger partial charge >= 0.3 is 0 Å². The average molecular weight is 449 g/mol. The van der Waals surface area contributed by atoms with E-state index in [0.29, 0.717) is 13.2 Å². The molecule has 2 heterocycles. The van der Waals surface area contributed by atoms with Crippen molar-refractivity contribution in [2.45, 2.75) is 11.3 Å². The molecular formula is C21H25BrN2O2S. The van der Waals surface area contributed by atoms with Gasteiger partial charge in [-0.2, -0.15) is 0 Å². The third kappa shape index (κ3) is 4.92. The Kier molecular flexibility index (Phi) is 6.47. The molecule has 2 aliphatic rings. The molecule has 27 heavy (non-hydrogen) atoms. The number of hydrogen-bond acceptors (Lipinski definition) is 5. The zero-order valence-electron chi connectivity index (χ0n) is 15.4. The van der Waals surface area contributed by atoms with Gasteiger partial charge in [0.1, 0.15) is 13.2 Å². The first-order valence-corrected chi connectivity index (χ1v) is 11.3. The maximum Gasteiger partial charge on any atom is 0.184 e. The highest BCUT2D eigenvalue weighted by atomic mass is 79.9. The van der Waals surface area contributed by atoms with E-state index in [9.17, 15) is 0 Å². The monoisotopic (exact) mass is 448 g/mol. The predicted octanol–water partition coefficient (Wildman–Crippen LogP) is 4.52. The molecule has 0 aliphatic carbocycles. The number of fused-ring (bicyclic) bond motifs is 1. The van der Waals surface area contributed by atoms with E-state index < -0.39 is 0 Å². The number of nitrogens with zero attached hydrogens (tertiary/aromatic N) is 2. The molecule has 0 radical (unpaired) electrons. The molecule has 6 heteroatoms. The number of piperazine rings is 1. The van der Waals surface area contributed by atoms with Crippen LogP contribution in [0.1, 0.15) is 6.42 Å². The third-order valence-corrected chi connectivity index (χ3v) is 6.52. The van der Waals surface area contributed by atoms with E-state index in [4.69, 9.17) is 9.47 Å². The second kappa shape index (κ2) is 9.22. The fourth-order valence-electron chi connectivity index (χ4n) is 3.55. The van der Waals surface area contributed by atoms with Crippen LogP contribution in [0, 0.1) is 0 Å². The summed E-state index contributed by atoms with van der Waals surface area (Å²) in [5, 5.41) is 0. The van der Waals surface area contributed by atoms with Gasteiger partial charge in [0.2, 0.25) is 0 Å². The molecule has 144 valence electrons. The number of ether oxygens (including phenoxy) is 2. The Bertz CT molecular complexity index is 766. The predicted molar refractivity (Wildman–Crippen MR) is 116 cm³/mol. The van der Waals surface area contributed by atoms with E-state index in [1.54, 1.807) is 0 Å². The summed E-state index contributed by atoms with van der Waals surface area (Å²) in [7, 11) is 0. The van der Waals surface area contributed by atoms with E-state index in [-0.39, 0.29) is 0 Å². The minimum atomic E-state index is 0.639. The summed E-state index contributed by atoms with van der Waals surface area (Å²) in [6.45, 7) is 6.73. The zero-order valence-corrected chi connectivity index (χ0v) is 17.8. The number of halogens is 1. The standard InChI is InChI=1S/C21H25BrN2O2S/c22-17-4-1-5-18(16-17)27-15-3-8-23-9-11-24(12-10-23)19-6-2-7-20-21(19)26-14-13-25-20/h1-2,4-7,16H,3,8-15H2. The number of thioether (sulfide) groups is 1. The van der Waals surface area contributed by atoms with Crippen molar-refractivity contribution in [3.8, 4) is 11.5 Å². The van der Waals surface area contributed by atoms with Crippen LogP contribution in [0.4, 0.5) is 5.69 Å². The normalized spacial score (nSPS) is 17.1. The summed E-state index contributed by atoms with van der Waals surface area (Å²) in [4.78, 5) is 6.34. The summed E-state index contributed by atoms with van der Waals surface area (Å²) < 4.78 is 12.7. The smallest absolute Gasteiger partial charge is 0.184 e. The topological polar surface area (TPSA) is 24.9 Å². The SMILES string of the molecule is Brc1cccc(SCCCN2CCN(c3cccc4c3OCCO4)CC2)c1. The number of benzene rings is 2. The molecule has 0 bridgehead atoms. The Hall–Kier alpha value is -1.37. The number of rotatable bonds is 6. The lowest BCUT2D eigenvalue weighted by atomic mass is 10.2. The quantitative estimate of drug-likeness (QED) is 0.477. The van der Waals surface area contributed by atoms with Crippen molar-refractivity contribution in [3.63, 3.8) is 0 Å². The van der Waals surface area contributed by atoms with Crippen molar-refractivity contribution in [1.82, 2.24) is 4.90 Å². The first-order valence-electron chi connectivity index (χ1n) is 9.54. The molecule has 0 amide bonds. The molecular weight excluding hydrogens is 424 g/mol. The lowest BCUT2D eigenvalue weighted by Crippen LogP contribution is -2.46. The molecule has 2 aromatic carbocycles. The van der Waals surface area contributed by atoms with Gasteiger partial charge in [0.05, 0.1) is 5.69 Å². The lowest BCUT2D eigenvalue weighted by Gasteiger charge is -2.37. The molecule has 0 N–H and O–H groups in total. The highest BCUT2D eigenvalue weighted by Gasteiger charge is 2.23. The average Bonchev–Trinajstić information content (AvgIpc) is 2.71. The van der Waals surface area contributed by atoms with Gasteiger partial charge in [-0.3, -0.25) is 4.90 Å². The van der Waals surface area contributed by atoms with Gasteiger partial charge in [0, 0.05) is 35.5 Å². The van der Waals surface area contributed by atoms with Crippen LogP contribution in [0.3, 0.4) is 0 Å². The summed E-state index contributed by atoms with van der Waals surface area (Å²) in [6, 6.07) is 14.8. The van der Waals surface area contributed by atoms with Crippen molar-refractivity contribution >= 4 is 33.4 Å². The number of para-hydroxylation sites is 1.